The maximum atomic E-state index is 13.9. The third kappa shape index (κ3) is 6.63. The van der Waals surface area contributed by atoms with Crippen LogP contribution >= 0.6 is 0 Å². The van der Waals surface area contributed by atoms with Gasteiger partial charge in [0.15, 0.2) is 0 Å². The van der Waals surface area contributed by atoms with Crippen molar-refractivity contribution >= 4 is 32.0 Å². The van der Waals surface area contributed by atoms with Crippen LogP contribution in [0.5, 0.6) is 0 Å². The molecule has 0 spiro atoms. The van der Waals surface area contributed by atoms with Crippen molar-refractivity contribution < 1.29 is 27.7 Å². The Morgan fingerprint density at radius 2 is 1.77 bits per heavy atom. The van der Waals surface area contributed by atoms with Crippen LogP contribution < -0.4 is 4.72 Å². The number of rotatable bonds is 8. The second kappa shape index (κ2) is 11.0. The van der Waals surface area contributed by atoms with Crippen LogP contribution in [0.2, 0.25) is 0 Å². The van der Waals surface area contributed by atoms with Gasteiger partial charge in [0.1, 0.15) is 5.60 Å². The molecule has 1 amide bonds. The zero-order valence-corrected chi connectivity index (χ0v) is 24.0. The summed E-state index contributed by atoms with van der Waals surface area (Å²) < 4.78 is 71.8. The van der Waals surface area contributed by atoms with Crippen molar-refractivity contribution in [1.82, 2.24) is 13.2 Å². The minimum atomic E-state index is -4.22. The van der Waals surface area contributed by atoms with E-state index in [0.717, 1.165) is 16.8 Å². The normalized spacial score (nSPS) is 15.1. The van der Waals surface area contributed by atoms with Gasteiger partial charge in [-0.25, -0.2) is 17.2 Å². The summed E-state index contributed by atoms with van der Waals surface area (Å²) in [6, 6.07) is 13.9. The summed E-state index contributed by atoms with van der Waals surface area (Å²) in [7, 11) is -6.48. The van der Waals surface area contributed by atoms with Crippen LogP contribution in [-0.2, 0) is 31.5 Å². The Morgan fingerprint density at radius 3 is 2.44 bits per heavy atom. The summed E-state index contributed by atoms with van der Waals surface area (Å²) in [6.07, 6.45) is 2.37. The maximum Gasteiger partial charge on any atom is 0.410 e. The molecule has 2 aromatic carbocycles. The van der Waals surface area contributed by atoms with Crippen LogP contribution in [0.3, 0.4) is 0 Å². The quantitative estimate of drug-likeness (QED) is 0.422. The largest absolute Gasteiger partial charge is 0.444 e. The first-order valence-electron chi connectivity index (χ1n) is 13.0. The van der Waals surface area contributed by atoms with Crippen molar-refractivity contribution in [2.45, 2.75) is 50.7 Å². The van der Waals surface area contributed by atoms with Crippen LogP contribution in [0.15, 0.2) is 71.7 Å². The van der Waals surface area contributed by atoms with Gasteiger partial charge in [-0.1, -0.05) is 36.4 Å². The zero-order chi connectivity index (χ0) is 29.3. The molecule has 12 heteroatoms. The standard InChI is InChI=1S/C27H34N4O6S2/c1-27(2,3)37-26(32)29(4)20-22-15-18-31(25(22)21-11-6-5-7-12-21)38(33,34)24-14-10-13-23(19-24)28-39(35,36)30-16-8-9-17-30/h5-7,10-15,18-19,28H,8-9,16-17,20H2,1-4H3/i6D. The molecule has 1 aromatic heterocycles. The first kappa shape index (κ1) is 27.2. The molecule has 0 unspecified atom stereocenters. The highest BCUT2D eigenvalue weighted by atomic mass is 32.2. The summed E-state index contributed by atoms with van der Waals surface area (Å²) in [5.74, 6) is 0. The van der Waals surface area contributed by atoms with Gasteiger partial charge in [0.25, 0.3) is 10.0 Å². The predicted octanol–water partition coefficient (Wildman–Crippen LogP) is 4.51. The molecule has 210 valence electrons. The fourth-order valence-corrected chi connectivity index (χ4v) is 7.00. The van der Waals surface area contributed by atoms with Crippen molar-refractivity contribution in [2.24, 2.45) is 0 Å². The molecule has 1 N–H and O–H groups in total. The Kier molecular flexibility index (Phi) is 7.70. The van der Waals surface area contributed by atoms with Crippen molar-refractivity contribution in [2.75, 3.05) is 24.9 Å². The lowest BCUT2D eigenvalue weighted by Gasteiger charge is -2.25. The van der Waals surface area contributed by atoms with Gasteiger partial charge >= 0.3 is 16.3 Å². The summed E-state index contributed by atoms with van der Waals surface area (Å²) in [6.45, 7) is 6.14. The van der Waals surface area contributed by atoms with E-state index >= 15 is 0 Å². The number of ether oxygens (including phenoxy) is 1. The van der Waals surface area contributed by atoms with Crippen LogP contribution in [-0.4, -0.2) is 61.8 Å². The summed E-state index contributed by atoms with van der Waals surface area (Å²) in [5.41, 5.74) is 0.699. The number of hydrogen-bond donors (Lipinski definition) is 1. The fourth-order valence-electron chi connectivity index (χ4n) is 4.27. The van der Waals surface area contributed by atoms with E-state index in [1.807, 2.05) is 0 Å². The number of anilines is 1. The van der Waals surface area contributed by atoms with Crippen molar-refractivity contribution in [3.63, 3.8) is 0 Å². The molecular weight excluding hydrogens is 540 g/mol. The fraction of sp³-hybridized carbons (Fsp3) is 0.370. The Morgan fingerprint density at radius 1 is 1.05 bits per heavy atom. The number of aromatic nitrogens is 1. The highest BCUT2D eigenvalue weighted by molar-refractivity contribution is 7.90. The number of benzene rings is 2. The highest BCUT2D eigenvalue weighted by Gasteiger charge is 2.28. The molecule has 2 heterocycles. The van der Waals surface area contributed by atoms with E-state index in [0.29, 0.717) is 24.2 Å². The molecule has 1 saturated heterocycles. The van der Waals surface area contributed by atoms with E-state index in [1.54, 1.807) is 58.2 Å². The molecule has 0 bridgehead atoms. The average Bonchev–Trinajstić information content (AvgIpc) is 3.54. The van der Waals surface area contributed by atoms with Gasteiger partial charge in [0, 0.05) is 26.3 Å². The maximum absolute atomic E-state index is 13.9. The van der Waals surface area contributed by atoms with Crippen molar-refractivity contribution in [1.29, 1.82) is 0 Å². The van der Waals surface area contributed by atoms with Gasteiger partial charge in [0.05, 0.1) is 24.2 Å². The van der Waals surface area contributed by atoms with E-state index in [9.17, 15) is 21.6 Å². The first-order chi connectivity index (χ1) is 18.7. The first-order valence-corrected chi connectivity index (χ1v) is 15.4. The minimum Gasteiger partial charge on any atom is -0.444 e. The molecule has 0 radical (unpaired) electrons. The number of nitrogens with zero attached hydrogens (tertiary/aromatic N) is 3. The number of amides is 1. The SMILES string of the molecule is [2H]c1cccc(-c2c(CN(C)C(=O)OC(C)(C)C)ccn2S(=O)(=O)c2cccc(NS(=O)(=O)N3CCCC3)c2)c1. The minimum absolute atomic E-state index is 0.0463. The summed E-state index contributed by atoms with van der Waals surface area (Å²) >= 11 is 0. The third-order valence-electron chi connectivity index (χ3n) is 6.07. The third-order valence-corrected chi connectivity index (χ3v) is 9.28. The van der Waals surface area contributed by atoms with Crippen LogP contribution in [0.4, 0.5) is 10.5 Å². The average molecular weight is 576 g/mol. The topological polar surface area (TPSA) is 118 Å². The molecule has 1 aliphatic rings. The molecular formula is C27H34N4O6S2. The number of hydrogen-bond acceptors (Lipinski definition) is 6. The van der Waals surface area contributed by atoms with Gasteiger partial charge in [-0.3, -0.25) is 4.72 Å². The van der Waals surface area contributed by atoms with Crippen molar-refractivity contribution in [3.05, 3.63) is 72.4 Å². The Hall–Kier alpha value is -3.35. The molecule has 1 fully saturated rings. The van der Waals surface area contributed by atoms with Gasteiger partial charge in [0.2, 0.25) is 0 Å². The molecule has 39 heavy (non-hydrogen) atoms. The lowest BCUT2D eigenvalue weighted by Crippen LogP contribution is -2.33. The Bertz CT molecular complexity index is 1610. The van der Waals surface area contributed by atoms with Crippen LogP contribution in [0, 0.1) is 0 Å². The monoisotopic (exact) mass is 575 g/mol. The van der Waals surface area contributed by atoms with Crippen molar-refractivity contribution in [3.8, 4) is 11.3 Å². The predicted molar refractivity (Wildman–Crippen MR) is 150 cm³/mol. The second-order valence-corrected chi connectivity index (χ2v) is 13.8. The molecule has 1 aliphatic heterocycles. The van der Waals surface area contributed by atoms with Gasteiger partial charge in [-0.15, -0.1) is 0 Å². The van der Waals surface area contributed by atoms with Crippen LogP contribution in [0.1, 0.15) is 40.5 Å². The lowest BCUT2D eigenvalue weighted by atomic mass is 10.1. The van der Waals surface area contributed by atoms with Gasteiger partial charge < -0.3 is 9.64 Å². The molecule has 10 nitrogen and oxygen atoms in total. The van der Waals surface area contributed by atoms with Gasteiger partial charge in [-0.05, 0) is 69.0 Å². The van der Waals surface area contributed by atoms with Crippen LogP contribution in [0.25, 0.3) is 11.3 Å². The van der Waals surface area contributed by atoms with E-state index in [4.69, 9.17) is 6.11 Å². The zero-order valence-electron chi connectivity index (χ0n) is 23.4. The number of nitrogens with one attached hydrogen (secondary N) is 1. The summed E-state index contributed by atoms with van der Waals surface area (Å²) in [4.78, 5) is 13.8. The van der Waals surface area contributed by atoms with E-state index in [2.05, 4.69) is 4.72 Å². The Labute approximate surface area is 231 Å². The van der Waals surface area contributed by atoms with E-state index in [-0.39, 0.29) is 28.9 Å². The summed E-state index contributed by atoms with van der Waals surface area (Å²) in [5, 5.41) is 0. The molecule has 0 saturated carbocycles. The molecule has 3 aromatic rings. The molecule has 4 rings (SSSR count). The lowest BCUT2D eigenvalue weighted by molar-refractivity contribution is 0.0285. The van der Waals surface area contributed by atoms with E-state index in [1.165, 1.54) is 39.7 Å². The van der Waals surface area contributed by atoms with Gasteiger partial charge in [-0.2, -0.15) is 12.7 Å². The highest BCUT2D eigenvalue weighted by Crippen LogP contribution is 2.31. The van der Waals surface area contributed by atoms with E-state index < -0.39 is 31.9 Å². The number of carbonyl (C=O) groups is 1. The number of carbonyl (C=O) groups excluding carboxylic acids is 1. The smallest absolute Gasteiger partial charge is 0.410 e. The molecule has 0 atom stereocenters. The molecule has 0 aliphatic carbocycles. The second-order valence-electron chi connectivity index (χ2n) is 10.4. The Balaban J connectivity index is 1.73.